The van der Waals surface area contributed by atoms with Crippen molar-refractivity contribution in [3.8, 4) is 0 Å². The van der Waals surface area contributed by atoms with Gasteiger partial charge in [-0.3, -0.25) is 0 Å². The lowest BCUT2D eigenvalue weighted by Crippen LogP contribution is -2.18. The summed E-state index contributed by atoms with van der Waals surface area (Å²) >= 11 is 0. The molecule has 0 spiro atoms. The number of allylic oxidation sites excluding steroid dienone is 2. The molecule has 1 rings (SSSR count). The van der Waals surface area contributed by atoms with E-state index in [1.807, 2.05) is 0 Å². The molecule has 1 aliphatic rings. The molecule has 13 heavy (non-hydrogen) atoms. The van der Waals surface area contributed by atoms with Gasteiger partial charge in [-0.1, -0.05) is 20.8 Å². The van der Waals surface area contributed by atoms with Crippen molar-refractivity contribution < 1.29 is 4.43 Å². The lowest BCUT2D eigenvalue weighted by molar-refractivity contribution is 0.237. The Morgan fingerprint density at radius 3 is 2.38 bits per heavy atom. The van der Waals surface area contributed by atoms with E-state index in [2.05, 4.69) is 39.9 Å². The van der Waals surface area contributed by atoms with Crippen LogP contribution in [0, 0.1) is 11.3 Å². The summed E-state index contributed by atoms with van der Waals surface area (Å²) in [6, 6.07) is 0. The van der Waals surface area contributed by atoms with Crippen molar-refractivity contribution in [3.63, 3.8) is 0 Å². The van der Waals surface area contributed by atoms with Gasteiger partial charge in [-0.25, -0.2) is 0 Å². The third-order valence-corrected chi connectivity index (χ3v) is 3.31. The summed E-state index contributed by atoms with van der Waals surface area (Å²) in [4.78, 5) is 0. The summed E-state index contributed by atoms with van der Waals surface area (Å²) in [5.74, 6) is 2.03. The van der Waals surface area contributed by atoms with Gasteiger partial charge in [0.15, 0.2) is 0 Å². The van der Waals surface area contributed by atoms with Crippen molar-refractivity contribution in [1.82, 2.24) is 0 Å². The first-order valence-electron chi connectivity index (χ1n) is 5.06. The molecule has 0 fully saturated rings. The van der Waals surface area contributed by atoms with Gasteiger partial charge in [-0.15, -0.1) is 0 Å². The molecule has 1 radical (unpaired) electrons. The van der Waals surface area contributed by atoms with Crippen LogP contribution >= 0.6 is 0 Å². The number of rotatable bonds is 2. The molecular formula is C11H21OSi. The van der Waals surface area contributed by atoms with Gasteiger partial charge in [0.25, 0.3) is 9.04 Å². The molecule has 1 aliphatic carbocycles. The number of hydrogen-bond donors (Lipinski definition) is 0. The van der Waals surface area contributed by atoms with Gasteiger partial charge in [0, 0.05) is 6.42 Å². The third-order valence-electron chi connectivity index (χ3n) is 2.64. The van der Waals surface area contributed by atoms with Gasteiger partial charge in [0.2, 0.25) is 0 Å². The van der Waals surface area contributed by atoms with E-state index in [1.165, 1.54) is 12.2 Å². The van der Waals surface area contributed by atoms with Crippen LogP contribution < -0.4 is 0 Å². The molecule has 0 saturated heterocycles. The molecule has 0 aromatic heterocycles. The first-order valence-corrected chi connectivity index (χ1v) is 7.47. The molecular weight excluding hydrogens is 176 g/mol. The Kier molecular flexibility index (Phi) is 3.22. The minimum Gasteiger partial charge on any atom is -0.546 e. The largest absolute Gasteiger partial charge is 0.546 e. The average Bonchev–Trinajstić information content (AvgIpc) is 2.32. The van der Waals surface area contributed by atoms with Crippen LogP contribution in [0.3, 0.4) is 0 Å². The van der Waals surface area contributed by atoms with Crippen LogP contribution in [0.15, 0.2) is 11.8 Å². The first kappa shape index (κ1) is 10.8. The monoisotopic (exact) mass is 197 g/mol. The predicted octanol–water partition coefficient (Wildman–Crippen LogP) is 3.59. The summed E-state index contributed by atoms with van der Waals surface area (Å²) in [6.45, 7) is 11.3. The Balaban J connectivity index is 2.43. The number of hydrogen-bond acceptors (Lipinski definition) is 1. The fourth-order valence-corrected chi connectivity index (χ4v) is 2.38. The first-order chi connectivity index (χ1) is 5.89. The maximum Gasteiger partial charge on any atom is 0.273 e. The molecule has 1 nitrogen and oxygen atoms in total. The van der Waals surface area contributed by atoms with Gasteiger partial charge in [0.05, 0.1) is 5.76 Å². The summed E-state index contributed by atoms with van der Waals surface area (Å²) in [7, 11) is -0.554. The zero-order chi connectivity index (χ0) is 10.1. The van der Waals surface area contributed by atoms with E-state index in [9.17, 15) is 0 Å². The van der Waals surface area contributed by atoms with Crippen LogP contribution in [0.2, 0.25) is 13.1 Å². The van der Waals surface area contributed by atoms with Crippen molar-refractivity contribution in [2.24, 2.45) is 11.3 Å². The molecule has 0 heterocycles. The molecule has 0 N–H and O–H groups in total. The van der Waals surface area contributed by atoms with Gasteiger partial charge < -0.3 is 4.43 Å². The maximum absolute atomic E-state index is 5.80. The van der Waals surface area contributed by atoms with E-state index in [1.54, 1.807) is 0 Å². The normalized spacial score (nSPS) is 23.5. The second kappa shape index (κ2) is 3.87. The van der Waals surface area contributed by atoms with Crippen LogP contribution in [0.4, 0.5) is 0 Å². The Morgan fingerprint density at radius 2 is 2.00 bits per heavy atom. The highest BCUT2D eigenvalue weighted by molar-refractivity contribution is 6.48. The van der Waals surface area contributed by atoms with Crippen LogP contribution in [0.5, 0.6) is 0 Å². The molecule has 0 amide bonds. The quantitative estimate of drug-likeness (QED) is 0.615. The highest BCUT2D eigenvalue weighted by Crippen LogP contribution is 2.38. The highest BCUT2D eigenvalue weighted by atomic mass is 28.3. The van der Waals surface area contributed by atoms with E-state index < -0.39 is 9.04 Å². The minimum absolute atomic E-state index is 0.427. The second-order valence-electron chi connectivity index (χ2n) is 5.18. The van der Waals surface area contributed by atoms with Crippen molar-refractivity contribution in [2.45, 2.75) is 46.7 Å². The topological polar surface area (TPSA) is 9.23 Å². The molecule has 75 valence electrons. The zero-order valence-electron chi connectivity index (χ0n) is 9.48. The van der Waals surface area contributed by atoms with Crippen LogP contribution in [0.25, 0.3) is 0 Å². The minimum atomic E-state index is -0.554. The SMILES string of the molecule is C[Si](C)OC1=CCC(C(C)(C)C)C1. The summed E-state index contributed by atoms with van der Waals surface area (Å²) in [6.07, 6.45) is 4.64. The van der Waals surface area contributed by atoms with E-state index in [0.717, 1.165) is 12.3 Å². The van der Waals surface area contributed by atoms with Gasteiger partial charge in [-0.05, 0) is 36.9 Å². The lowest BCUT2D eigenvalue weighted by Gasteiger charge is -2.27. The Morgan fingerprint density at radius 1 is 1.38 bits per heavy atom. The molecule has 0 saturated carbocycles. The van der Waals surface area contributed by atoms with Gasteiger partial charge in [-0.2, -0.15) is 0 Å². The lowest BCUT2D eigenvalue weighted by atomic mass is 9.79. The van der Waals surface area contributed by atoms with Crippen molar-refractivity contribution >= 4 is 9.04 Å². The van der Waals surface area contributed by atoms with E-state index in [-0.39, 0.29) is 0 Å². The third kappa shape index (κ3) is 3.18. The summed E-state index contributed by atoms with van der Waals surface area (Å²) < 4.78 is 5.80. The Hall–Kier alpha value is -0.243. The van der Waals surface area contributed by atoms with Gasteiger partial charge >= 0.3 is 0 Å². The van der Waals surface area contributed by atoms with Gasteiger partial charge in [0.1, 0.15) is 0 Å². The van der Waals surface area contributed by atoms with E-state index in [4.69, 9.17) is 4.43 Å². The van der Waals surface area contributed by atoms with E-state index in [0.29, 0.717) is 5.41 Å². The molecule has 0 bridgehead atoms. The molecule has 0 aliphatic heterocycles. The molecule has 0 aromatic rings. The second-order valence-corrected chi connectivity index (χ2v) is 7.20. The van der Waals surface area contributed by atoms with Crippen LogP contribution in [-0.2, 0) is 4.43 Å². The predicted molar refractivity (Wildman–Crippen MR) is 58.8 cm³/mol. The Labute approximate surface area is 83.9 Å². The maximum atomic E-state index is 5.80. The molecule has 2 heteroatoms. The standard InChI is InChI=1S/C11H21OSi/c1-11(2,3)9-6-7-10(8-9)12-13(4)5/h7,9H,6,8H2,1-5H3. The zero-order valence-corrected chi connectivity index (χ0v) is 10.5. The van der Waals surface area contributed by atoms with Crippen molar-refractivity contribution in [1.29, 1.82) is 0 Å². The molecule has 0 aromatic carbocycles. The highest BCUT2D eigenvalue weighted by Gasteiger charge is 2.29. The fraction of sp³-hybridized carbons (Fsp3) is 0.818. The summed E-state index contributed by atoms with van der Waals surface area (Å²) in [5, 5.41) is 0. The van der Waals surface area contributed by atoms with Crippen LogP contribution in [-0.4, -0.2) is 9.04 Å². The smallest absolute Gasteiger partial charge is 0.273 e. The van der Waals surface area contributed by atoms with Crippen molar-refractivity contribution in [2.75, 3.05) is 0 Å². The van der Waals surface area contributed by atoms with Crippen molar-refractivity contribution in [3.05, 3.63) is 11.8 Å². The molecule has 1 atom stereocenters. The Bertz CT molecular complexity index is 201. The molecule has 1 unspecified atom stereocenters. The summed E-state index contributed by atoms with van der Waals surface area (Å²) in [5.41, 5.74) is 0.427. The average molecular weight is 197 g/mol. The van der Waals surface area contributed by atoms with E-state index >= 15 is 0 Å². The fourth-order valence-electron chi connectivity index (χ4n) is 1.69. The van der Waals surface area contributed by atoms with Crippen LogP contribution in [0.1, 0.15) is 33.6 Å².